The second kappa shape index (κ2) is 2.69. The third-order valence-corrected chi connectivity index (χ3v) is 2.03. The van der Waals surface area contributed by atoms with Gasteiger partial charge in [0.25, 0.3) is 0 Å². The second-order valence-corrected chi connectivity index (χ2v) is 2.92. The summed E-state index contributed by atoms with van der Waals surface area (Å²) >= 11 is 0. The molecule has 1 aromatic carbocycles. The molecule has 0 saturated heterocycles. The van der Waals surface area contributed by atoms with Crippen molar-refractivity contribution in [2.45, 2.75) is 6.92 Å². The lowest BCUT2D eigenvalue weighted by Crippen LogP contribution is -1.87. The molecule has 0 saturated carbocycles. The molecular formula is C10H8FNO. The monoisotopic (exact) mass is 177 g/mol. The summed E-state index contributed by atoms with van der Waals surface area (Å²) in [5, 5.41) is 9.78. The number of aromatic nitrogens is 1. The van der Waals surface area contributed by atoms with E-state index in [1.807, 2.05) is 0 Å². The van der Waals surface area contributed by atoms with Gasteiger partial charge in [0.15, 0.2) is 0 Å². The number of phenols is 1. The van der Waals surface area contributed by atoms with Gasteiger partial charge in [0, 0.05) is 11.6 Å². The highest BCUT2D eigenvalue weighted by molar-refractivity contribution is 5.87. The van der Waals surface area contributed by atoms with Crippen LogP contribution in [0, 0.1) is 12.7 Å². The molecule has 0 aliphatic rings. The number of aromatic hydroxyl groups is 1. The van der Waals surface area contributed by atoms with Crippen LogP contribution in [0.5, 0.6) is 5.75 Å². The zero-order chi connectivity index (χ0) is 9.42. The molecule has 2 aromatic rings. The molecule has 3 heteroatoms. The minimum absolute atomic E-state index is 0.0140. The van der Waals surface area contributed by atoms with Gasteiger partial charge in [-0.3, -0.25) is 4.98 Å². The minimum atomic E-state index is -0.349. The van der Waals surface area contributed by atoms with E-state index in [1.54, 1.807) is 13.0 Å². The first-order valence-corrected chi connectivity index (χ1v) is 3.93. The quantitative estimate of drug-likeness (QED) is 0.670. The number of hydrogen-bond donors (Lipinski definition) is 1. The zero-order valence-electron chi connectivity index (χ0n) is 7.08. The fraction of sp³-hybridized carbons (Fsp3) is 0.100. The van der Waals surface area contributed by atoms with E-state index in [0.717, 1.165) is 5.56 Å². The van der Waals surface area contributed by atoms with Gasteiger partial charge in [-0.25, -0.2) is 4.39 Å². The number of rotatable bonds is 0. The van der Waals surface area contributed by atoms with Crippen molar-refractivity contribution in [1.29, 1.82) is 0 Å². The Labute approximate surface area is 74.7 Å². The van der Waals surface area contributed by atoms with Gasteiger partial charge in [0.05, 0.1) is 0 Å². The van der Waals surface area contributed by atoms with Crippen molar-refractivity contribution in [1.82, 2.24) is 4.98 Å². The second-order valence-electron chi connectivity index (χ2n) is 2.92. The third kappa shape index (κ3) is 1.13. The van der Waals surface area contributed by atoms with E-state index in [4.69, 9.17) is 0 Å². The maximum Gasteiger partial charge on any atom is 0.141 e. The number of aryl methyl sites for hydroxylation is 1. The van der Waals surface area contributed by atoms with Crippen LogP contribution in [0.4, 0.5) is 4.39 Å². The molecule has 0 aliphatic carbocycles. The maximum atomic E-state index is 13.3. The molecular weight excluding hydrogens is 169 g/mol. The molecule has 0 aliphatic heterocycles. The van der Waals surface area contributed by atoms with E-state index < -0.39 is 0 Å². The summed E-state index contributed by atoms with van der Waals surface area (Å²) in [5.41, 5.74) is 1.10. The SMILES string of the molecule is Cc1ccc(O)c2nccc(F)c12. The minimum Gasteiger partial charge on any atom is -0.506 e. The smallest absolute Gasteiger partial charge is 0.141 e. The van der Waals surface area contributed by atoms with Crippen molar-refractivity contribution in [2.75, 3.05) is 0 Å². The standard InChI is InChI=1S/C10H8FNO/c1-6-2-3-8(13)10-9(6)7(11)4-5-12-10/h2-5,13H,1H3. The predicted molar refractivity (Wildman–Crippen MR) is 48.1 cm³/mol. The molecule has 13 heavy (non-hydrogen) atoms. The van der Waals surface area contributed by atoms with Crippen molar-refractivity contribution in [2.24, 2.45) is 0 Å². The van der Waals surface area contributed by atoms with Crippen LogP contribution in [0.3, 0.4) is 0 Å². The number of hydrogen-bond acceptors (Lipinski definition) is 2. The number of pyridine rings is 1. The fourth-order valence-electron chi connectivity index (χ4n) is 1.37. The molecule has 0 amide bonds. The first-order valence-electron chi connectivity index (χ1n) is 3.93. The Bertz CT molecular complexity index is 459. The third-order valence-electron chi connectivity index (χ3n) is 2.03. The van der Waals surface area contributed by atoms with E-state index in [0.29, 0.717) is 10.9 Å². The number of phenolic OH excluding ortho intramolecular Hbond substituents is 1. The molecule has 0 atom stereocenters. The molecule has 0 spiro atoms. The van der Waals surface area contributed by atoms with Crippen LogP contribution in [0.1, 0.15) is 5.56 Å². The van der Waals surface area contributed by atoms with Crippen molar-refractivity contribution in [3.8, 4) is 5.75 Å². The lowest BCUT2D eigenvalue weighted by atomic mass is 10.1. The number of nitrogens with zero attached hydrogens (tertiary/aromatic N) is 1. The summed E-state index contributed by atoms with van der Waals surface area (Å²) in [6.45, 7) is 1.78. The lowest BCUT2D eigenvalue weighted by Gasteiger charge is -2.03. The van der Waals surface area contributed by atoms with Gasteiger partial charge < -0.3 is 5.11 Å². The summed E-state index contributed by atoms with van der Waals surface area (Å²) < 4.78 is 13.3. The van der Waals surface area contributed by atoms with Gasteiger partial charge in [-0.15, -0.1) is 0 Å². The van der Waals surface area contributed by atoms with Crippen molar-refractivity contribution >= 4 is 10.9 Å². The molecule has 0 radical (unpaired) electrons. The molecule has 1 aromatic heterocycles. The highest BCUT2D eigenvalue weighted by atomic mass is 19.1. The molecule has 2 nitrogen and oxygen atoms in total. The van der Waals surface area contributed by atoms with Crippen LogP contribution in [0.2, 0.25) is 0 Å². The molecule has 1 heterocycles. The number of benzene rings is 1. The molecule has 2 rings (SSSR count). The van der Waals surface area contributed by atoms with Crippen LogP contribution in [0.25, 0.3) is 10.9 Å². The van der Waals surface area contributed by atoms with Crippen molar-refractivity contribution in [3.63, 3.8) is 0 Å². The maximum absolute atomic E-state index is 13.3. The van der Waals surface area contributed by atoms with Gasteiger partial charge in [0.1, 0.15) is 17.1 Å². The van der Waals surface area contributed by atoms with Crippen LogP contribution >= 0.6 is 0 Å². The summed E-state index contributed by atoms with van der Waals surface area (Å²) in [7, 11) is 0. The normalized spacial score (nSPS) is 10.6. The zero-order valence-corrected chi connectivity index (χ0v) is 7.08. The Kier molecular flexibility index (Phi) is 1.65. The van der Waals surface area contributed by atoms with Gasteiger partial charge >= 0.3 is 0 Å². The van der Waals surface area contributed by atoms with Crippen LogP contribution in [-0.4, -0.2) is 10.1 Å². The summed E-state index contributed by atoms with van der Waals surface area (Å²) in [5.74, 6) is -0.335. The molecule has 1 N–H and O–H groups in total. The largest absolute Gasteiger partial charge is 0.506 e. The summed E-state index contributed by atoms with van der Waals surface area (Å²) in [6.07, 6.45) is 1.34. The van der Waals surface area contributed by atoms with Crippen LogP contribution in [-0.2, 0) is 0 Å². The molecule has 0 unspecified atom stereocenters. The van der Waals surface area contributed by atoms with E-state index in [9.17, 15) is 9.50 Å². The fourth-order valence-corrected chi connectivity index (χ4v) is 1.37. The van der Waals surface area contributed by atoms with Gasteiger partial charge in [-0.1, -0.05) is 6.07 Å². The predicted octanol–water partition coefficient (Wildman–Crippen LogP) is 2.39. The van der Waals surface area contributed by atoms with Gasteiger partial charge in [-0.05, 0) is 24.6 Å². The average Bonchev–Trinajstić information content (AvgIpc) is 2.12. The van der Waals surface area contributed by atoms with Gasteiger partial charge in [-0.2, -0.15) is 0 Å². The topological polar surface area (TPSA) is 33.1 Å². The first kappa shape index (κ1) is 7.98. The average molecular weight is 177 g/mol. The van der Waals surface area contributed by atoms with Crippen molar-refractivity contribution < 1.29 is 9.50 Å². The molecule has 0 bridgehead atoms. The Morgan fingerprint density at radius 1 is 1.31 bits per heavy atom. The summed E-state index contributed by atoms with van der Waals surface area (Å²) in [6, 6.07) is 4.47. The molecule has 0 fully saturated rings. The van der Waals surface area contributed by atoms with E-state index in [-0.39, 0.29) is 11.6 Å². The lowest BCUT2D eigenvalue weighted by molar-refractivity contribution is 0.480. The van der Waals surface area contributed by atoms with Crippen LogP contribution < -0.4 is 0 Å². The molecule has 66 valence electrons. The van der Waals surface area contributed by atoms with Gasteiger partial charge in [0.2, 0.25) is 0 Å². The Balaban J connectivity index is 3.00. The summed E-state index contributed by atoms with van der Waals surface area (Å²) in [4.78, 5) is 3.91. The highest BCUT2D eigenvalue weighted by Gasteiger charge is 2.07. The van der Waals surface area contributed by atoms with Crippen LogP contribution in [0.15, 0.2) is 24.4 Å². The van der Waals surface area contributed by atoms with E-state index >= 15 is 0 Å². The first-order chi connectivity index (χ1) is 6.20. The Morgan fingerprint density at radius 3 is 2.77 bits per heavy atom. The Hall–Kier alpha value is -1.64. The number of fused-ring (bicyclic) bond motifs is 1. The Morgan fingerprint density at radius 2 is 2.08 bits per heavy atom. The van der Waals surface area contributed by atoms with E-state index in [1.165, 1.54) is 18.3 Å². The van der Waals surface area contributed by atoms with Crippen molar-refractivity contribution in [3.05, 3.63) is 35.8 Å². The highest BCUT2D eigenvalue weighted by Crippen LogP contribution is 2.26. The van der Waals surface area contributed by atoms with E-state index in [2.05, 4.69) is 4.98 Å². The number of halogens is 1.